The molecule has 18 heavy (non-hydrogen) atoms. The highest BCUT2D eigenvalue weighted by atomic mass is 32.2. The predicted molar refractivity (Wildman–Crippen MR) is 66.4 cm³/mol. The van der Waals surface area contributed by atoms with Gasteiger partial charge in [0.2, 0.25) is 0 Å². The molecule has 0 bridgehead atoms. The molecule has 0 aliphatic carbocycles. The second-order valence-electron chi connectivity index (χ2n) is 3.78. The van der Waals surface area contributed by atoms with Gasteiger partial charge in [0, 0.05) is 10.6 Å². The zero-order valence-corrected chi connectivity index (χ0v) is 10.5. The molecule has 0 fully saturated rings. The van der Waals surface area contributed by atoms with E-state index < -0.39 is 11.8 Å². The van der Waals surface area contributed by atoms with Crippen LogP contribution in [0.1, 0.15) is 21.7 Å². The number of halogens is 1. The number of carbonyl (C=O) groups is 1. The zero-order valence-electron chi connectivity index (χ0n) is 9.64. The van der Waals surface area contributed by atoms with Crippen LogP contribution in [0.3, 0.4) is 0 Å². The van der Waals surface area contributed by atoms with Crippen LogP contribution >= 0.6 is 11.8 Å². The quantitative estimate of drug-likeness (QED) is 0.857. The highest BCUT2D eigenvalue weighted by Crippen LogP contribution is 2.27. The van der Waals surface area contributed by atoms with Crippen LogP contribution in [-0.4, -0.2) is 11.1 Å². The van der Waals surface area contributed by atoms with Crippen molar-refractivity contribution in [1.29, 1.82) is 0 Å². The number of thioether (sulfide) groups is 1. The fraction of sp³-hybridized carbons (Fsp3) is 0.154. The maximum absolute atomic E-state index is 13.2. The number of carboxylic acid groups (broad SMARTS) is 1. The van der Waals surface area contributed by atoms with Gasteiger partial charge in [-0.3, -0.25) is 0 Å². The van der Waals surface area contributed by atoms with E-state index in [4.69, 9.17) is 9.52 Å². The number of carboxylic acids is 1. The maximum atomic E-state index is 13.2. The van der Waals surface area contributed by atoms with Gasteiger partial charge >= 0.3 is 5.97 Å². The van der Waals surface area contributed by atoms with E-state index in [1.54, 1.807) is 6.26 Å². The Balaban J connectivity index is 2.14. The molecule has 2 rings (SSSR count). The topological polar surface area (TPSA) is 50.4 Å². The summed E-state index contributed by atoms with van der Waals surface area (Å²) in [7, 11) is 0. The average molecular weight is 266 g/mol. The molecule has 1 aromatic heterocycles. The van der Waals surface area contributed by atoms with Crippen molar-refractivity contribution >= 4 is 17.7 Å². The fourth-order valence-corrected chi connectivity index (χ4v) is 2.43. The smallest absolute Gasteiger partial charge is 0.335 e. The second-order valence-corrected chi connectivity index (χ2v) is 4.80. The molecule has 0 radical (unpaired) electrons. The average Bonchev–Trinajstić information content (AvgIpc) is 2.71. The van der Waals surface area contributed by atoms with E-state index in [9.17, 15) is 9.18 Å². The van der Waals surface area contributed by atoms with Gasteiger partial charge in [-0.15, -0.1) is 11.8 Å². The molecule has 0 saturated heterocycles. The molecule has 1 heterocycles. The Bertz CT molecular complexity index is 577. The summed E-state index contributed by atoms with van der Waals surface area (Å²) in [5.41, 5.74) is 0.604. The predicted octanol–water partition coefficient (Wildman–Crippen LogP) is 3.72. The van der Waals surface area contributed by atoms with E-state index >= 15 is 0 Å². The molecule has 1 N–H and O–H groups in total. The van der Waals surface area contributed by atoms with Crippen LogP contribution in [0.5, 0.6) is 0 Å². The third-order valence-corrected chi connectivity index (χ3v) is 3.62. The molecule has 0 aliphatic rings. The lowest BCUT2D eigenvalue weighted by atomic mass is 10.1. The van der Waals surface area contributed by atoms with E-state index in [2.05, 4.69) is 0 Å². The number of aromatic carboxylic acids is 1. The first-order chi connectivity index (χ1) is 8.56. The minimum absolute atomic E-state index is 0.0329. The molecule has 0 spiro atoms. The molecule has 0 unspecified atom stereocenters. The number of furan rings is 1. The number of aryl methyl sites for hydroxylation is 1. The first kappa shape index (κ1) is 12.7. The van der Waals surface area contributed by atoms with Crippen LogP contribution in [0.15, 0.2) is 39.8 Å². The van der Waals surface area contributed by atoms with Gasteiger partial charge in [-0.05, 0) is 36.8 Å². The molecular weight excluding hydrogens is 255 g/mol. The summed E-state index contributed by atoms with van der Waals surface area (Å²) in [6.07, 6.45) is 1.59. The third-order valence-electron chi connectivity index (χ3n) is 2.41. The van der Waals surface area contributed by atoms with Gasteiger partial charge in [0.15, 0.2) is 0 Å². The first-order valence-corrected chi connectivity index (χ1v) is 6.24. The van der Waals surface area contributed by atoms with Gasteiger partial charge < -0.3 is 9.52 Å². The van der Waals surface area contributed by atoms with Crippen LogP contribution in [-0.2, 0) is 5.75 Å². The van der Waals surface area contributed by atoms with Crippen LogP contribution < -0.4 is 0 Å². The van der Waals surface area contributed by atoms with Crippen molar-refractivity contribution in [3.63, 3.8) is 0 Å². The Morgan fingerprint density at radius 2 is 2.22 bits per heavy atom. The summed E-state index contributed by atoms with van der Waals surface area (Å²) in [6, 6.07) is 5.67. The first-order valence-electron chi connectivity index (χ1n) is 5.26. The highest BCUT2D eigenvalue weighted by Gasteiger charge is 2.08. The van der Waals surface area contributed by atoms with E-state index in [1.165, 1.54) is 23.9 Å². The van der Waals surface area contributed by atoms with Crippen molar-refractivity contribution in [3.05, 3.63) is 53.2 Å². The van der Waals surface area contributed by atoms with Crippen molar-refractivity contribution < 1.29 is 18.7 Å². The van der Waals surface area contributed by atoms with E-state index in [-0.39, 0.29) is 5.56 Å². The van der Waals surface area contributed by atoms with Gasteiger partial charge in [0.05, 0.1) is 11.8 Å². The summed E-state index contributed by atoms with van der Waals surface area (Å²) in [6.45, 7) is 1.84. The monoisotopic (exact) mass is 266 g/mol. The molecule has 1 aromatic carbocycles. The normalized spacial score (nSPS) is 10.6. The largest absolute Gasteiger partial charge is 0.478 e. The summed E-state index contributed by atoms with van der Waals surface area (Å²) in [4.78, 5) is 11.8. The third kappa shape index (κ3) is 2.92. The number of hydrogen-bond donors (Lipinski definition) is 1. The van der Waals surface area contributed by atoms with Crippen molar-refractivity contribution in [2.24, 2.45) is 0 Å². The zero-order chi connectivity index (χ0) is 13.1. The van der Waals surface area contributed by atoms with Gasteiger partial charge in [-0.2, -0.15) is 0 Å². The Hall–Kier alpha value is -1.75. The molecule has 0 amide bonds. The van der Waals surface area contributed by atoms with Gasteiger partial charge in [0.25, 0.3) is 0 Å². The minimum Gasteiger partial charge on any atom is -0.478 e. The van der Waals surface area contributed by atoms with E-state index in [0.29, 0.717) is 11.3 Å². The van der Waals surface area contributed by atoms with Crippen LogP contribution in [0.4, 0.5) is 4.39 Å². The van der Waals surface area contributed by atoms with Crippen molar-refractivity contribution in [3.8, 4) is 0 Å². The van der Waals surface area contributed by atoms with Crippen molar-refractivity contribution in [2.75, 3.05) is 0 Å². The van der Waals surface area contributed by atoms with Gasteiger partial charge in [-0.1, -0.05) is 0 Å². The fourth-order valence-electron chi connectivity index (χ4n) is 1.54. The van der Waals surface area contributed by atoms with Crippen LogP contribution in [0.25, 0.3) is 0 Å². The molecule has 2 aromatic rings. The molecule has 94 valence electrons. The minimum atomic E-state index is -1.12. The number of rotatable bonds is 4. The summed E-state index contributed by atoms with van der Waals surface area (Å²) in [5, 5.41) is 8.84. The van der Waals surface area contributed by atoms with Gasteiger partial charge in [-0.25, -0.2) is 9.18 Å². The van der Waals surface area contributed by atoms with Crippen LogP contribution in [0, 0.1) is 12.7 Å². The summed E-state index contributed by atoms with van der Waals surface area (Å²) in [5.74, 6) is -0.359. The molecule has 3 nitrogen and oxygen atoms in total. The van der Waals surface area contributed by atoms with Crippen molar-refractivity contribution in [2.45, 2.75) is 17.6 Å². The van der Waals surface area contributed by atoms with E-state index in [1.807, 2.05) is 13.0 Å². The molecule has 0 atom stereocenters. The summed E-state index contributed by atoms with van der Waals surface area (Å²) >= 11 is 1.48. The Morgan fingerprint density at radius 3 is 2.83 bits per heavy atom. The van der Waals surface area contributed by atoms with Gasteiger partial charge in [0.1, 0.15) is 11.6 Å². The van der Waals surface area contributed by atoms with Crippen LogP contribution in [0.2, 0.25) is 0 Å². The second kappa shape index (κ2) is 5.27. The number of hydrogen-bond acceptors (Lipinski definition) is 3. The standard InChI is InChI=1S/C13H11FO3S/c1-8-12(2-3-17-8)18-7-9-4-10(13(15)16)6-11(14)5-9/h2-6H,7H2,1H3,(H,15,16). The number of benzene rings is 1. The van der Waals surface area contributed by atoms with E-state index in [0.717, 1.165) is 16.7 Å². The lowest BCUT2D eigenvalue weighted by Gasteiger charge is -2.03. The lowest BCUT2D eigenvalue weighted by molar-refractivity contribution is 0.0696. The van der Waals surface area contributed by atoms with Crippen molar-refractivity contribution in [1.82, 2.24) is 0 Å². The Morgan fingerprint density at radius 1 is 1.44 bits per heavy atom. The summed E-state index contributed by atoms with van der Waals surface area (Å²) < 4.78 is 18.4. The SMILES string of the molecule is Cc1occc1SCc1cc(F)cc(C(=O)O)c1. The molecular formula is C13H11FO3S. The maximum Gasteiger partial charge on any atom is 0.335 e. The molecule has 0 aliphatic heterocycles. The highest BCUT2D eigenvalue weighted by molar-refractivity contribution is 7.98. The molecule has 0 saturated carbocycles. The molecule has 5 heteroatoms. The Labute approximate surface area is 108 Å². The lowest BCUT2D eigenvalue weighted by Crippen LogP contribution is -1.98. The Kier molecular flexibility index (Phi) is 3.72.